The van der Waals surface area contributed by atoms with Gasteiger partial charge in [0.15, 0.2) is 0 Å². The van der Waals surface area contributed by atoms with Crippen LogP contribution in [0.4, 0.5) is 18.9 Å². The Morgan fingerprint density at radius 3 is 2.36 bits per heavy atom. The van der Waals surface area contributed by atoms with Crippen molar-refractivity contribution in [2.75, 3.05) is 5.32 Å². The molecule has 2 rings (SSSR count). The maximum atomic E-state index is 12.7. The first-order chi connectivity index (χ1) is 10.2. The molecular weight excluding hydrogens is 406 g/mol. The summed E-state index contributed by atoms with van der Waals surface area (Å²) in [5, 5.41) is 2.84. The summed E-state index contributed by atoms with van der Waals surface area (Å²) in [6, 6.07) is 7.19. The molecule has 116 valence electrons. The molecule has 0 aromatic heterocycles. The average molecular weight is 413 g/mol. The molecule has 0 saturated heterocycles. The number of nitrogens with one attached hydrogen (secondary N) is 1. The van der Waals surface area contributed by atoms with Gasteiger partial charge in [0.25, 0.3) is 5.91 Å². The van der Waals surface area contributed by atoms with E-state index in [2.05, 4.69) is 21.2 Å². The molecule has 0 aliphatic rings. The molecule has 2 aromatic carbocycles. The number of carbonyl (C=O) groups is 1. The minimum atomic E-state index is -4.50. The van der Waals surface area contributed by atoms with Gasteiger partial charge in [-0.2, -0.15) is 13.2 Å². The van der Waals surface area contributed by atoms with E-state index in [4.69, 9.17) is 23.2 Å². The number of anilines is 1. The minimum absolute atomic E-state index is 0.00848. The number of amides is 1. The van der Waals surface area contributed by atoms with Crippen molar-refractivity contribution < 1.29 is 18.0 Å². The van der Waals surface area contributed by atoms with E-state index in [1.54, 1.807) is 0 Å². The molecule has 0 saturated carbocycles. The zero-order valence-electron chi connectivity index (χ0n) is 10.6. The first-order valence-corrected chi connectivity index (χ1v) is 7.36. The van der Waals surface area contributed by atoms with Crippen molar-refractivity contribution in [3.05, 3.63) is 62.0 Å². The molecule has 0 atom stereocenters. The van der Waals surface area contributed by atoms with Gasteiger partial charge in [-0.05, 0) is 52.3 Å². The third-order valence-electron chi connectivity index (χ3n) is 2.72. The lowest BCUT2D eigenvalue weighted by Gasteiger charge is -2.12. The summed E-state index contributed by atoms with van der Waals surface area (Å²) < 4.78 is 38.4. The zero-order chi connectivity index (χ0) is 16.5. The summed E-state index contributed by atoms with van der Waals surface area (Å²) in [5.41, 5.74) is -0.769. The predicted octanol–water partition coefficient (Wildman–Crippen LogP) is 6.03. The van der Waals surface area contributed by atoms with E-state index < -0.39 is 17.6 Å². The molecule has 0 spiro atoms. The van der Waals surface area contributed by atoms with E-state index in [-0.39, 0.29) is 16.3 Å². The SMILES string of the molecule is O=C(Nc1cc(C(F)(F)F)ccc1Br)c1ccc(Cl)cc1Cl. The van der Waals surface area contributed by atoms with Gasteiger partial charge in [-0.1, -0.05) is 23.2 Å². The molecule has 1 N–H and O–H groups in total. The van der Waals surface area contributed by atoms with Crippen LogP contribution in [0.1, 0.15) is 15.9 Å². The van der Waals surface area contributed by atoms with E-state index in [9.17, 15) is 18.0 Å². The topological polar surface area (TPSA) is 29.1 Å². The Morgan fingerprint density at radius 2 is 1.77 bits per heavy atom. The van der Waals surface area contributed by atoms with Crippen LogP contribution in [0.5, 0.6) is 0 Å². The first kappa shape index (κ1) is 17.1. The smallest absolute Gasteiger partial charge is 0.321 e. The second-order valence-corrected chi connectivity index (χ2v) is 5.97. The van der Waals surface area contributed by atoms with Gasteiger partial charge in [0.2, 0.25) is 0 Å². The summed E-state index contributed by atoms with van der Waals surface area (Å²) in [4.78, 5) is 12.1. The molecule has 8 heteroatoms. The Hall–Kier alpha value is -1.24. The molecule has 0 radical (unpaired) electrons. The van der Waals surface area contributed by atoms with Crippen LogP contribution >= 0.6 is 39.1 Å². The number of halogens is 6. The molecule has 2 aromatic rings. The normalized spacial score (nSPS) is 11.4. The van der Waals surface area contributed by atoms with Crippen molar-refractivity contribution in [3.63, 3.8) is 0 Å². The lowest BCUT2D eigenvalue weighted by Crippen LogP contribution is -2.14. The van der Waals surface area contributed by atoms with Crippen molar-refractivity contribution in [3.8, 4) is 0 Å². The second kappa shape index (κ2) is 6.48. The second-order valence-electron chi connectivity index (χ2n) is 4.27. The highest BCUT2D eigenvalue weighted by atomic mass is 79.9. The Bertz CT molecular complexity index is 735. The largest absolute Gasteiger partial charge is 0.416 e. The highest BCUT2D eigenvalue weighted by molar-refractivity contribution is 9.10. The van der Waals surface area contributed by atoms with Crippen LogP contribution in [0.3, 0.4) is 0 Å². The van der Waals surface area contributed by atoms with Crippen molar-refractivity contribution in [1.82, 2.24) is 0 Å². The van der Waals surface area contributed by atoms with Crippen LogP contribution in [-0.4, -0.2) is 5.91 Å². The Kier molecular flexibility index (Phi) is 5.04. The summed E-state index contributed by atoms with van der Waals surface area (Å²) in [5.74, 6) is -0.637. The number of alkyl halides is 3. The van der Waals surface area contributed by atoms with Crippen LogP contribution in [0.2, 0.25) is 10.0 Å². The summed E-state index contributed by atoms with van der Waals surface area (Å²) >= 11 is 14.7. The minimum Gasteiger partial charge on any atom is -0.321 e. The molecule has 0 heterocycles. The highest BCUT2D eigenvalue weighted by Gasteiger charge is 2.31. The zero-order valence-corrected chi connectivity index (χ0v) is 13.7. The van der Waals surface area contributed by atoms with Crippen molar-refractivity contribution in [2.24, 2.45) is 0 Å². The van der Waals surface area contributed by atoms with E-state index >= 15 is 0 Å². The Balaban J connectivity index is 2.32. The van der Waals surface area contributed by atoms with E-state index in [0.717, 1.165) is 12.1 Å². The van der Waals surface area contributed by atoms with Gasteiger partial charge in [0.05, 0.1) is 21.8 Å². The van der Waals surface area contributed by atoms with E-state index in [1.165, 1.54) is 24.3 Å². The van der Waals surface area contributed by atoms with Gasteiger partial charge < -0.3 is 5.32 Å². The van der Waals surface area contributed by atoms with Gasteiger partial charge in [0, 0.05) is 9.50 Å². The fourth-order valence-electron chi connectivity index (χ4n) is 1.66. The summed E-state index contributed by atoms with van der Waals surface area (Å²) in [6.45, 7) is 0. The molecule has 2 nitrogen and oxygen atoms in total. The number of hydrogen-bond acceptors (Lipinski definition) is 1. The van der Waals surface area contributed by atoms with Gasteiger partial charge in [-0.3, -0.25) is 4.79 Å². The van der Waals surface area contributed by atoms with Gasteiger partial charge >= 0.3 is 6.18 Å². The van der Waals surface area contributed by atoms with Gasteiger partial charge in [-0.25, -0.2) is 0 Å². The van der Waals surface area contributed by atoms with Crippen LogP contribution in [0.15, 0.2) is 40.9 Å². The lowest BCUT2D eigenvalue weighted by atomic mass is 10.1. The standard InChI is InChI=1S/C14H7BrCl2F3NO/c15-10-4-1-7(14(18,19)20)5-12(10)21-13(22)9-3-2-8(16)6-11(9)17/h1-6H,(H,21,22). The van der Waals surface area contributed by atoms with Crippen LogP contribution in [0.25, 0.3) is 0 Å². The molecule has 1 amide bonds. The average Bonchev–Trinajstić information content (AvgIpc) is 2.39. The first-order valence-electron chi connectivity index (χ1n) is 5.81. The van der Waals surface area contributed by atoms with Gasteiger partial charge in [-0.15, -0.1) is 0 Å². The monoisotopic (exact) mass is 411 g/mol. The van der Waals surface area contributed by atoms with Crippen LogP contribution in [0, 0.1) is 0 Å². The molecule has 22 heavy (non-hydrogen) atoms. The van der Waals surface area contributed by atoms with Crippen molar-refractivity contribution in [1.29, 1.82) is 0 Å². The van der Waals surface area contributed by atoms with E-state index in [1.807, 2.05) is 0 Å². The highest BCUT2D eigenvalue weighted by Crippen LogP contribution is 2.34. The Labute approximate surface area is 142 Å². The van der Waals surface area contributed by atoms with Crippen molar-refractivity contribution in [2.45, 2.75) is 6.18 Å². The third-order valence-corrected chi connectivity index (χ3v) is 3.96. The predicted molar refractivity (Wildman–Crippen MR) is 83.6 cm³/mol. The van der Waals surface area contributed by atoms with Crippen molar-refractivity contribution >= 4 is 50.7 Å². The lowest BCUT2D eigenvalue weighted by molar-refractivity contribution is -0.137. The summed E-state index contributed by atoms with van der Waals surface area (Å²) in [7, 11) is 0. The molecular formula is C14H7BrCl2F3NO. The maximum absolute atomic E-state index is 12.7. The Morgan fingerprint density at radius 1 is 1.09 bits per heavy atom. The molecule has 0 unspecified atom stereocenters. The third kappa shape index (κ3) is 3.94. The van der Waals surface area contributed by atoms with Crippen LogP contribution in [-0.2, 0) is 6.18 Å². The van der Waals surface area contributed by atoms with E-state index in [0.29, 0.717) is 9.50 Å². The van der Waals surface area contributed by atoms with Crippen LogP contribution < -0.4 is 5.32 Å². The number of carbonyl (C=O) groups excluding carboxylic acids is 1. The number of hydrogen-bond donors (Lipinski definition) is 1. The number of rotatable bonds is 2. The molecule has 0 aliphatic carbocycles. The maximum Gasteiger partial charge on any atom is 0.416 e. The number of benzene rings is 2. The summed E-state index contributed by atoms with van der Waals surface area (Å²) in [6.07, 6.45) is -4.50. The fraction of sp³-hybridized carbons (Fsp3) is 0.0714. The molecule has 0 fully saturated rings. The fourth-order valence-corrected chi connectivity index (χ4v) is 2.50. The molecule has 0 aliphatic heterocycles. The van der Waals surface area contributed by atoms with Gasteiger partial charge in [0.1, 0.15) is 0 Å². The molecule has 0 bridgehead atoms. The quantitative estimate of drug-likeness (QED) is 0.641.